The van der Waals surface area contributed by atoms with Crippen molar-refractivity contribution in [3.8, 4) is 0 Å². The Morgan fingerprint density at radius 2 is 2.00 bits per heavy atom. The maximum Gasteiger partial charge on any atom is 0.270 e. The van der Waals surface area contributed by atoms with Gasteiger partial charge in [-0.1, -0.05) is 30.3 Å². The highest BCUT2D eigenvalue weighted by Gasteiger charge is 2.32. The van der Waals surface area contributed by atoms with Crippen LogP contribution < -0.4 is 5.32 Å². The molecule has 1 aromatic heterocycles. The van der Waals surface area contributed by atoms with Gasteiger partial charge < -0.3 is 15.2 Å². The number of benzene rings is 1. The molecule has 0 radical (unpaired) electrons. The maximum absolute atomic E-state index is 13.3. The van der Waals surface area contributed by atoms with E-state index in [2.05, 4.69) is 22.4 Å². The summed E-state index contributed by atoms with van der Waals surface area (Å²) in [6.45, 7) is 3.45. The van der Waals surface area contributed by atoms with Crippen molar-refractivity contribution in [1.29, 1.82) is 0 Å². The number of sulfone groups is 1. The average molecular weight is 430 g/mol. The van der Waals surface area contributed by atoms with Crippen LogP contribution in [-0.2, 0) is 22.8 Å². The molecule has 2 heterocycles. The van der Waals surface area contributed by atoms with E-state index in [9.17, 15) is 13.2 Å². The number of fused-ring (bicyclic) bond motifs is 1. The van der Waals surface area contributed by atoms with Crippen LogP contribution in [0.5, 0.6) is 0 Å². The van der Waals surface area contributed by atoms with Gasteiger partial charge in [-0.15, -0.1) is 0 Å². The molecule has 0 unspecified atom stereocenters. The first-order valence-corrected chi connectivity index (χ1v) is 12.7. The van der Waals surface area contributed by atoms with E-state index in [4.69, 9.17) is 0 Å². The fourth-order valence-electron chi connectivity index (χ4n) is 4.82. The number of nitrogens with zero attached hydrogens (tertiary/aromatic N) is 1. The molecule has 6 nitrogen and oxygen atoms in total. The van der Waals surface area contributed by atoms with E-state index >= 15 is 0 Å². The Balaban J connectivity index is 1.44. The van der Waals surface area contributed by atoms with Crippen LogP contribution in [0.3, 0.4) is 0 Å². The summed E-state index contributed by atoms with van der Waals surface area (Å²) in [6, 6.07) is 12.5. The van der Waals surface area contributed by atoms with Gasteiger partial charge >= 0.3 is 0 Å². The summed E-state index contributed by atoms with van der Waals surface area (Å²) in [7, 11) is -3.27. The smallest absolute Gasteiger partial charge is 0.270 e. The van der Waals surface area contributed by atoms with Crippen molar-refractivity contribution < 1.29 is 13.2 Å². The predicted molar refractivity (Wildman–Crippen MR) is 117 cm³/mol. The molecule has 2 aromatic rings. The predicted octanol–water partition coefficient (Wildman–Crippen LogP) is 3.30. The van der Waals surface area contributed by atoms with Gasteiger partial charge in [0, 0.05) is 30.9 Å². The minimum absolute atomic E-state index is 0.0872. The quantitative estimate of drug-likeness (QED) is 0.738. The molecule has 2 atom stereocenters. The molecule has 0 saturated heterocycles. The summed E-state index contributed by atoms with van der Waals surface area (Å²) < 4.78 is 24.7. The molecular weight excluding hydrogens is 398 g/mol. The summed E-state index contributed by atoms with van der Waals surface area (Å²) in [4.78, 5) is 18.6. The van der Waals surface area contributed by atoms with Gasteiger partial charge in [0.1, 0.15) is 5.69 Å². The second-order valence-electron chi connectivity index (χ2n) is 8.42. The average Bonchev–Trinajstić information content (AvgIpc) is 3.20. The number of aryl methyl sites for hydroxylation is 1. The number of hydrogen-bond donors (Lipinski definition) is 2. The monoisotopic (exact) mass is 429 g/mol. The molecule has 1 amide bonds. The van der Waals surface area contributed by atoms with Gasteiger partial charge in [0.25, 0.3) is 5.91 Å². The molecule has 1 aliphatic carbocycles. The molecular formula is C23H31N3O3S. The lowest BCUT2D eigenvalue weighted by atomic mass is 9.89. The summed E-state index contributed by atoms with van der Waals surface area (Å²) >= 11 is 0. The SMILES string of the molecule is CCN(C(=O)c1cc2c([nH]1)CCCS2(=O)=O)[C@H]1CCC[C@@H](NCc2ccccc2)C1. The highest BCUT2D eigenvalue weighted by atomic mass is 32.2. The van der Waals surface area contributed by atoms with Crippen LogP contribution in [0.15, 0.2) is 41.3 Å². The van der Waals surface area contributed by atoms with Crippen LogP contribution in [-0.4, -0.2) is 48.6 Å². The fourth-order valence-corrected chi connectivity index (χ4v) is 6.39. The number of carbonyl (C=O) groups excluding carboxylic acids is 1. The first kappa shape index (κ1) is 21.1. The van der Waals surface area contributed by atoms with E-state index in [1.54, 1.807) is 6.07 Å². The highest BCUT2D eigenvalue weighted by molar-refractivity contribution is 7.91. The first-order chi connectivity index (χ1) is 14.5. The van der Waals surface area contributed by atoms with Gasteiger partial charge in [-0.05, 0) is 57.1 Å². The Morgan fingerprint density at radius 1 is 1.20 bits per heavy atom. The number of hydrogen-bond acceptors (Lipinski definition) is 4. The van der Waals surface area contributed by atoms with Crippen molar-refractivity contribution in [2.24, 2.45) is 0 Å². The molecule has 30 heavy (non-hydrogen) atoms. The maximum atomic E-state index is 13.3. The minimum Gasteiger partial charge on any atom is -0.353 e. The van der Waals surface area contributed by atoms with Crippen molar-refractivity contribution in [3.63, 3.8) is 0 Å². The molecule has 2 aliphatic rings. The van der Waals surface area contributed by atoms with Gasteiger partial charge in [0.2, 0.25) is 0 Å². The van der Waals surface area contributed by atoms with Crippen LogP contribution in [0, 0.1) is 0 Å². The molecule has 162 valence electrons. The Hall–Kier alpha value is -2.12. The van der Waals surface area contributed by atoms with Gasteiger partial charge in [0.05, 0.1) is 10.6 Å². The largest absolute Gasteiger partial charge is 0.353 e. The molecule has 1 fully saturated rings. The Kier molecular flexibility index (Phi) is 6.29. The van der Waals surface area contributed by atoms with Crippen molar-refractivity contribution in [2.45, 2.75) is 69.0 Å². The second-order valence-corrected chi connectivity index (χ2v) is 10.5. The van der Waals surface area contributed by atoms with Crippen LogP contribution in [0.1, 0.15) is 60.8 Å². The Morgan fingerprint density at radius 3 is 2.73 bits per heavy atom. The zero-order valence-electron chi connectivity index (χ0n) is 17.6. The van der Waals surface area contributed by atoms with Crippen molar-refractivity contribution >= 4 is 15.7 Å². The zero-order valence-corrected chi connectivity index (χ0v) is 18.4. The lowest BCUT2D eigenvalue weighted by Crippen LogP contribution is -2.46. The zero-order chi connectivity index (χ0) is 21.1. The van der Waals surface area contributed by atoms with Gasteiger partial charge in [-0.2, -0.15) is 0 Å². The van der Waals surface area contributed by atoms with Crippen LogP contribution >= 0.6 is 0 Å². The molecule has 7 heteroatoms. The highest BCUT2D eigenvalue weighted by Crippen LogP contribution is 2.28. The Labute approximate surface area is 179 Å². The number of rotatable bonds is 6. The summed E-state index contributed by atoms with van der Waals surface area (Å²) in [5.41, 5.74) is 2.36. The standard InChI is InChI=1S/C23H31N3O3S/c1-2-26(23(27)21-15-22-20(25-21)12-7-13-30(22,28)29)19-11-6-10-18(14-19)24-16-17-8-4-3-5-9-17/h3-5,8-9,15,18-19,24-25H,2,6-7,10-14,16H2,1H3/t18-,19+/m1/s1. The van der Waals surface area contributed by atoms with E-state index in [1.165, 1.54) is 5.56 Å². The number of nitrogens with one attached hydrogen (secondary N) is 2. The van der Waals surface area contributed by atoms with Crippen LogP contribution in [0.25, 0.3) is 0 Å². The lowest BCUT2D eigenvalue weighted by molar-refractivity contribution is 0.0622. The molecule has 0 bridgehead atoms. The number of aromatic amines is 1. The van der Waals surface area contributed by atoms with E-state index in [0.717, 1.165) is 32.2 Å². The van der Waals surface area contributed by atoms with E-state index < -0.39 is 9.84 Å². The summed E-state index contributed by atoms with van der Waals surface area (Å²) in [5.74, 6) is 0.0798. The second kappa shape index (κ2) is 8.94. The van der Waals surface area contributed by atoms with Crippen LogP contribution in [0.4, 0.5) is 0 Å². The lowest BCUT2D eigenvalue weighted by Gasteiger charge is -2.37. The minimum atomic E-state index is -3.27. The van der Waals surface area contributed by atoms with Gasteiger partial charge in [-0.3, -0.25) is 4.79 Å². The van der Waals surface area contributed by atoms with Gasteiger partial charge in [-0.25, -0.2) is 8.42 Å². The number of amides is 1. The third-order valence-electron chi connectivity index (χ3n) is 6.39. The summed E-state index contributed by atoms with van der Waals surface area (Å²) in [6.07, 6.45) is 5.40. The van der Waals surface area contributed by atoms with E-state index in [1.807, 2.05) is 30.0 Å². The molecule has 1 aliphatic heterocycles. The molecule has 4 rings (SSSR count). The number of carbonyl (C=O) groups is 1. The van der Waals surface area contributed by atoms with Crippen molar-refractivity contribution in [2.75, 3.05) is 12.3 Å². The topological polar surface area (TPSA) is 82.3 Å². The van der Waals surface area contributed by atoms with Crippen molar-refractivity contribution in [3.05, 3.63) is 53.3 Å². The normalized spacial score (nSPS) is 23.0. The Bertz CT molecular complexity index is 984. The van der Waals surface area contributed by atoms with Gasteiger partial charge in [0.15, 0.2) is 9.84 Å². The molecule has 1 aromatic carbocycles. The molecule has 1 saturated carbocycles. The fraction of sp³-hybridized carbons (Fsp3) is 0.522. The number of aromatic nitrogens is 1. The summed E-state index contributed by atoms with van der Waals surface area (Å²) in [5, 5.41) is 3.65. The van der Waals surface area contributed by atoms with Crippen molar-refractivity contribution in [1.82, 2.24) is 15.2 Å². The van der Waals surface area contributed by atoms with E-state index in [0.29, 0.717) is 41.7 Å². The number of H-pyrrole nitrogens is 1. The van der Waals surface area contributed by atoms with Crippen LogP contribution in [0.2, 0.25) is 0 Å². The third kappa shape index (κ3) is 4.47. The third-order valence-corrected chi connectivity index (χ3v) is 8.25. The first-order valence-electron chi connectivity index (χ1n) is 11.0. The molecule has 0 spiro atoms. The molecule has 2 N–H and O–H groups in total. The van der Waals surface area contributed by atoms with E-state index in [-0.39, 0.29) is 17.7 Å².